The average Bonchev–Trinajstić information content (AvgIpc) is 3.40. The molecule has 1 aliphatic heterocycles. The number of nitrogens with one attached hydrogen (secondary N) is 1. The molecule has 2 atom stereocenters. The molecule has 3 aromatic rings. The van der Waals surface area contributed by atoms with Gasteiger partial charge in [0.15, 0.2) is 5.11 Å². The van der Waals surface area contributed by atoms with Gasteiger partial charge in [0.2, 0.25) is 0 Å². The maximum atomic E-state index is 12.3. The highest BCUT2D eigenvalue weighted by Crippen LogP contribution is 2.40. The van der Waals surface area contributed by atoms with Crippen LogP contribution in [-0.2, 0) is 9.53 Å². The molecule has 4 rings (SSSR count). The quantitative estimate of drug-likeness (QED) is 0.402. The van der Waals surface area contributed by atoms with Crippen LogP contribution in [0.25, 0.3) is 11.3 Å². The van der Waals surface area contributed by atoms with Crippen LogP contribution in [0.5, 0.6) is 5.75 Å². The second-order valence-electron chi connectivity index (χ2n) is 7.22. The second kappa shape index (κ2) is 9.82. The Morgan fingerprint density at radius 3 is 2.62 bits per heavy atom. The second-order valence-corrected chi connectivity index (χ2v) is 7.61. The molecule has 0 spiro atoms. The van der Waals surface area contributed by atoms with Crippen molar-refractivity contribution in [3.63, 3.8) is 0 Å². The summed E-state index contributed by atoms with van der Waals surface area (Å²) in [6.07, 6.45) is 1.73. The molecule has 1 aromatic carbocycles. The van der Waals surface area contributed by atoms with E-state index in [-0.39, 0.29) is 24.6 Å². The summed E-state index contributed by atoms with van der Waals surface area (Å²) in [7, 11) is 0. The number of furan rings is 1. The van der Waals surface area contributed by atoms with E-state index in [1.54, 1.807) is 18.0 Å². The molecule has 32 heavy (non-hydrogen) atoms. The van der Waals surface area contributed by atoms with Crippen LogP contribution in [0.2, 0.25) is 0 Å². The third kappa shape index (κ3) is 4.60. The van der Waals surface area contributed by atoms with E-state index in [0.29, 0.717) is 24.1 Å². The van der Waals surface area contributed by atoms with Crippen LogP contribution in [-0.4, -0.2) is 40.7 Å². The SMILES string of the molecule is CCOC(=O)CN1C(=S)N[C@@H](c2ccccn2)[C@H]1c1ccc(-c2ccc(OCC)cc2)o1. The van der Waals surface area contributed by atoms with Crippen molar-refractivity contribution in [3.05, 3.63) is 72.2 Å². The lowest BCUT2D eigenvalue weighted by molar-refractivity contribution is -0.143. The van der Waals surface area contributed by atoms with E-state index in [1.807, 2.05) is 61.5 Å². The number of rotatable bonds is 8. The number of carbonyl (C=O) groups is 1. The van der Waals surface area contributed by atoms with Gasteiger partial charge in [-0.1, -0.05) is 6.07 Å². The maximum Gasteiger partial charge on any atom is 0.325 e. The monoisotopic (exact) mass is 451 g/mol. The predicted molar refractivity (Wildman–Crippen MR) is 124 cm³/mol. The zero-order valence-corrected chi connectivity index (χ0v) is 18.8. The van der Waals surface area contributed by atoms with Gasteiger partial charge in [0.1, 0.15) is 29.9 Å². The summed E-state index contributed by atoms with van der Waals surface area (Å²) in [6.45, 7) is 4.68. The molecule has 1 N–H and O–H groups in total. The Hall–Kier alpha value is -3.39. The third-order valence-corrected chi connectivity index (χ3v) is 5.52. The molecule has 0 amide bonds. The van der Waals surface area contributed by atoms with Gasteiger partial charge in [0.25, 0.3) is 0 Å². The van der Waals surface area contributed by atoms with E-state index < -0.39 is 0 Å². The fraction of sp³-hybridized carbons (Fsp3) is 0.292. The van der Waals surface area contributed by atoms with Crippen LogP contribution >= 0.6 is 12.2 Å². The van der Waals surface area contributed by atoms with Crippen molar-refractivity contribution < 1.29 is 18.7 Å². The van der Waals surface area contributed by atoms with Gasteiger partial charge in [-0.25, -0.2) is 0 Å². The Kier molecular flexibility index (Phi) is 6.70. The molecule has 7 nitrogen and oxygen atoms in total. The van der Waals surface area contributed by atoms with Crippen molar-refractivity contribution in [3.8, 4) is 17.1 Å². The molecule has 0 unspecified atom stereocenters. The summed E-state index contributed by atoms with van der Waals surface area (Å²) in [5.41, 5.74) is 1.74. The summed E-state index contributed by atoms with van der Waals surface area (Å²) in [5.74, 6) is 1.86. The van der Waals surface area contributed by atoms with Crippen molar-refractivity contribution in [2.45, 2.75) is 25.9 Å². The minimum absolute atomic E-state index is 0.0206. The lowest BCUT2D eigenvalue weighted by Gasteiger charge is -2.25. The molecular formula is C24H25N3O4S. The minimum Gasteiger partial charge on any atom is -0.494 e. The van der Waals surface area contributed by atoms with Crippen LogP contribution in [0.1, 0.15) is 37.4 Å². The highest BCUT2D eigenvalue weighted by molar-refractivity contribution is 7.80. The highest BCUT2D eigenvalue weighted by atomic mass is 32.1. The molecule has 2 aromatic heterocycles. The number of hydrogen-bond donors (Lipinski definition) is 1. The fourth-order valence-corrected chi connectivity index (χ4v) is 4.08. The van der Waals surface area contributed by atoms with E-state index in [1.165, 1.54) is 0 Å². The first-order chi connectivity index (χ1) is 15.6. The van der Waals surface area contributed by atoms with Crippen molar-refractivity contribution >= 4 is 23.3 Å². The molecule has 0 bridgehead atoms. The molecule has 8 heteroatoms. The maximum absolute atomic E-state index is 12.3. The van der Waals surface area contributed by atoms with Crippen molar-refractivity contribution in [1.82, 2.24) is 15.2 Å². The minimum atomic E-state index is -0.349. The fourth-order valence-electron chi connectivity index (χ4n) is 3.78. The first-order valence-electron chi connectivity index (χ1n) is 10.6. The van der Waals surface area contributed by atoms with Crippen LogP contribution < -0.4 is 10.1 Å². The summed E-state index contributed by atoms with van der Waals surface area (Å²) >= 11 is 5.56. The Morgan fingerprint density at radius 2 is 1.94 bits per heavy atom. The van der Waals surface area contributed by atoms with Gasteiger partial charge >= 0.3 is 5.97 Å². The van der Waals surface area contributed by atoms with Gasteiger partial charge in [-0.3, -0.25) is 9.78 Å². The van der Waals surface area contributed by atoms with Gasteiger partial charge in [0.05, 0.1) is 24.9 Å². The number of benzene rings is 1. The summed E-state index contributed by atoms with van der Waals surface area (Å²) in [5, 5.41) is 3.75. The average molecular weight is 452 g/mol. The Balaban J connectivity index is 1.66. The molecular weight excluding hydrogens is 426 g/mol. The number of thiocarbonyl (C=S) groups is 1. The van der Waals surface area contributed by atoms with E-state index in [2.05, 4.69) is 10.3 Å². The van der Waals surface area contributed by atoms with Gasteiger partial charge < -0.3 is 24.1 Å². The normalized spacial score (nSPS) is 17.8. The smallest absolute Gasteiger partial charge is 0.325 e. The molecule has 1 saturated heterocycles. The molecule has 1 aliphatic rings. The van der Waals surface area contributed by atoms with E-state index in [0.717, 1.165) is 22.8 Å². The van der Waals surface area contributed by atoms with E-state index in [9.17, 15) is 4.79 Å². The topological polar surface area (TPSA) is 76.8 Å². The molecule has 166 valence electrons. The number of pyridine rings is 1. The van der Waals surface area contributed by atoms with Crippen LogP contribution in [0.15, 0.2) is 65.2 Å². The summed E-state index contributed by atoms with van der Waals surface area (Å²) in [4.78, 5) is 18.6. The van der Waals surface area contributed by atoms with Gasteiger partial charge in [-0.05, 0) is 74.6 Å². The molecule has 1 fully saturated rings. The Morgan fingerprint density at radius 1 is 1.12 bits per heavy atom. The lowest BCUT2D eigenvalue weighted by Crippen LogP contribution is -2.35. The first kappa shape index (κ1) is 21.8. The predicted octanol–water partition coefficient (Wildman–Crippen LogP) is 4.28. The van der Waals surface area contributed by atoms with Crippen molar-refractivity contribution in [2.75, 3.05) is 19.8 Å². The lowest BCUT2D eigenvalue weighted by atomic mass is 10.0. The molecule has 0 aliphatic carbocycles. The molecule has 0 saturated carbocycles. The Labute approximate surface area is 192 Å². The van der Waals surface area contributed by atoms with Crippen LogP contribution in [0, 0.1) is 0 Å². The molecule has 0 radical (unpaired) electrons. The summed E-state index contributed by atoms with van der Waals surface area (Å²) in [6, 6.07) is 16.7. The molecule has 3 heterocycles. The Bertz CT molecular complexity index is 1070. The van der Waals surface area contributed by atoms with Crippen molar-refractivity contribution in [2.24, 2.45) is 0 Å². The number of carbonyl (C=O) groups excluding carboxylic acids is 1. The number of aromatic nitrogens is 1. The first-order valence-corrected chi connectivity index (χ1v) is 11.0. The van der Waals surface area contributed by atoms with E-state index in [4.69, 9.17) is 26.1 Å². The number of esters is 1. The highest BCUT2D eigenvalue weighted by Gasteiger charge is 2.42. The standard InChI is InChI=1S/C24H25N3O4S/c1-3-29-17-10-8-16(9-11-17)19-12-13-20(31-19)23-22(18-7-5-6-14-25-18)26-24(32)27(23)15-21(28)30-4-2/h5-14,22-23H,3-4,15H2,1-2H3,(H,26,32)/t22-,23+/m0/s1. The van der Waals surface area contributed by atoms with Crippen LogP contribution in [0.3, 0.4) is 0 Å². The van der Waals surface area contributed by atoms with Crippen molar-refractivity contribution in [1.29, 1.82) is 0 Å². The zero-order valence-electron chi connectivity index (χ0n) is 18.0. The third-order valence-electron chi connectivity index (χ3n) is 5.17. The zero-order chi connectivity index (χ0) is 22.5. The number of ether oxygens (including phenoxy) is 2. The van der Waals surface area contributed by atoms with E-state index >= 15 is 0 Å². The summed E-state index contributed by atoms with van der Waals surface area (Å²) < 4.78 is 16.9. The number of hydrogen-bond acceptors (Lipinski definition) is 6. The number of nitrogens with zero attached hydrogens (tertiary/aromatic N) is 2. The largest absolute Gasteiger partial charge is 0.494 e. The van der Waals surface area contributed by atoms with Gasteiger partial charge in [0, 0.05) is 11.8 Å². The van der Waals surface area contributed by atoms with Crippen LogP contribution in [0.4, 0.5) is 0 Å². The van der Waals surface area contributed by atoms with Gasteiger partial charge in [-0.2, -0.15) is 0 Å². The van der Waals surface area contributed by atoms with Gasteiger partial charge in [-0.15, -0.1) is 0 Å².